The number of carbonyl (C=O) groups excluding carboxylic acids is 2. The van der Waals surface area contributed by atoms with Crippen molar-refractivity contribution < 1.29 is 32.4 Å². The molecule has 0 spiro atoms. The fraction of sp³-hybridized carbons (Fsp3) is 0.348. The van der Waals surface area contributed by atoms with Crippen molar-refractivity contribution in [2.45, 2.75) is 38.1 Å². The van der Waals surface area contributed by atoms with E-state index in [4.69, 9.17) is 32.9 Å². The van der Waals surface area contributed by atoms with Crippen LogP contribution in [0.5, 0.6) is 0 Å². The van der Waals surface area contributed by atoms with Crippen LogP contribution in [0, 0.1) is 6.92 Å². The molecule has 2 aromatic rings. The average molecular weight is 530 g/mol. The Kier molecular flexibility index (Phi) is 6.74. The first-order chi connectivity index (χ1) is 16.4. The summed E-state index contributed by atoms with van der Waals surface area (Å²) in [5.41, 5.74) is -1.87. The monoisotopic (exact) mass is 529 g/mol. The molecule has 0 aromatic heterocycles. The zero-order chi connectivity index (χ0) is 25.5. The first-order valence-electron chi connectivity index (χ1n) is 10.6. The fourth-order valence-corrected chi connectivity index (χ4v) is 4.53. The van der Waals surface area contributed by atoms with Gasteiger partial charge in [-0.15, -0.1) is 0 Å². The third-order valence-electron chi connectivity index (χ3n) is 5.85. The number of likely N-dealkylation sites (N-methyl/N-ethyl adjacent to an activating group) is 1. The van der Waals surface area contributed by atoms with Crippen molar-refractivity contribution in [1.29, 1.82) is 0 Å². The van der Waals surface area contributed by atoms with Crippen LogP contribution in [0.15, 0.2) is 41.6 Å². The molecule has 35 heavy (non-hydrogen) atoms. The lowest BCUT2D eigenvalue weighted by atomic mass is 9.86. The van der Waals surface area contributed by atoms with Crippen LogP contribution in [0.4, 0.5) is 13.2 Å². The number of nitrogens with one attached hydrogen (secondary N) is 1. The molecule has 0 radical (unpaired) electrons. The predicted molar refractivity (Wildman–Crippen MR) is 122 cm³/mol. The van der Waals surface area contributed by atoms with Gasteiger partial charge in [0.05, 0.1) is 5.71 Å². The van der Waals surface area contributed by atoms with Crippen LogP contribution in [0.1, 0.15) is 40.4 Å². The van der Waals surface area contributed by atoms with Gasteiger partial charge in [0.1, 0.15) is 12.6 Å². The van der Waals surface area contributed by atoms with E-state index in [0.717, 1.165) is 12.1 Å². The number of halogens is 5. The number of alkyl halides is 3. The predicted octanol–water partition coefficient (Wildman–Crippen LogP) is 4.78. The summed E-state index contributed by atoms with van der Waals surface area (Å²) in [7, 11) is 0. The van der Waals surface area contributed by atoms with Crippen molar-refractivity contribution in [3.63, 3.8) is 0 Å². The van der Waals surface area contributed by atoms with Gasteiger partial charge in [-0.25, -0.2) is 5.06 Å². The van der Waals surface area contributed by atoms with Gasteiger partial charge in [-0.1, -0.05) is 34.4 Å². The molecule has 4 rings (SSSR count). The molecule has 186 valence electrons. The first-order valence-corrected chi connectivity index (χ1v) is 11.4. The Labute approximate surface area is 208 Å². The normalized spacial score (nSPS) is 22.3. The zero-order valence-electron chi connectivity index (χ0n) is 18.6. The van der Waals surface area contributed by atoms with Crippen LogP contribution in [0.3, 0.4) is 0 Å². The number of amides is 2. The highest BCUT2D eigenvalue weighted by Crippen LogP contribution is 2.49. The van der Waals surface area contributed by atoms with E-state index in [-0.39, 0.29) is 39.4 Å². The molecule has 0 aliphatic carbocycles. The Morgan fingerprint density at radius 3 is 2.49 bits per heavy atom. The van der Waals surface area contributed by atoms with E-state index < -0.39 is 30.1 Å². The van der Waals surface area contributed by atoms with E-state index in [1.807, 2.05) is 0 Å². The van der Waals surface area contributed by atoms with Gasteiger partial charge in [0, 0.05) is 34.1 Å². The van der Waals surface area contributed by atoms with Crippen LogP contribution < -0.4 is 5.32 Å². The number of benzene rings is 2. The zero-order valence-corrected chi connectivity index (χ0v) is 20.1. The molecule has 7 nitrogen and oxygen atoms in total. The molecule has 2 heterocycles. The van der Waals surface area contributed by atoms with Gasteiger partial charge < -0.3 is 10.2 Å². The molecule has 2 aliphatic rings. The summed E-state index contributed by atoms with van der Waals surface area (Å²) in [5.74, 6) is -0.853. The Morgan fingerprint density at radius 2 is 1.91 bits per heavy atom. The van der Waals surface area contributed by atoms with Crippen LogP contribution in [0.25, 0.3) is 0 Å². The summed E-state index contributed by atoms with van der Waals surface area (Å²) in [4.78, 5) is 35.1. The maximum atomic E-state index is 14.2. The number of hydrogen-bond acceptors (Lipinski definition) is 5. The fourth-order valence-electron chi connectivity index (χ4n) is 4.00. The molecule has 1 saturated heterocycles. The summed E-state index contributed by atoms with van der Waals surface area (Å²) in [6.45, 7) is 3.75. The van der Waals surface area contributed by atoms with Crippen LogP contribution in [-0.4, -0.2) is 48.0 Å². The second-order valence-corrected chi connectivity index (χ2v) is 9.05. The molecular weight excluding hydrogens is 510 g/mol. The molecule has 12 heteroatoms. The number of hydrogen-bond donors (Lipinski definition) is 1. The number of nitrogens with zero attached hydrogens (tertiary/aromatic N) is 2. The van der Waals surface area contributed by atoms with Crippen LogP contribution in [-0.2, 0) is 20.1 Å². The van der Waals surface area contributed by atoms with E-state index in [1.54, 1.807) is 19.9 Å². The van der Waals surface area contributed by atoms with Gasteiger partial charge >= 0.3 is 6.18 Å². The minimum Gasteiger partial charge on any atom is -0.374 e. The van der Waals surface area contributed by atoms with Crippen molar-refractivity contribution in [1.82, 2.24) is 10.4 Å². The summed E-state index contributed by atoms with van der Waals surface area (Å²) in [5, 5.41) is 7.59. The van der Waals surface area contributed by atoms with E-state index in [9.17, 15) is 22.8 Å². The highest BCUT2D eigenvalue weighted by molar-refractivity contribution is 6.34. The van der Waals surface area contributed by atoms with Gasteiger partial charge in [-0.3, -0.25) is 14.4 Å². The Hall–Kier alpha value is -2.82. The Morgan fingerprint density at radius 1 is 1.23 bits per heavy atom. The topological polar surface area (TPSA) is 80.2 Å². The van der Waals surface area contributed by atoms with E-state index in [1.165, 1.54) is 23.3 Å². The lowest BCUT2D eigenvalue weighted by molar-refractivity contribution is -0.275. The molecular formula is C23H20Cl2F3N3O4. The molecule has 1 unspecified atom stereocenters. The third-order valence-corrected chi connectivity index (χ3v) is 6.29. The summed E-state index contributed by atoms with van der Waals surface area (Å²) < 4.78 is 42.6. The smallest absolute Gasteiger partial charge is 0.374 e. The minimum absolute atomic E-state index is 0.0245. The molecule has 1 fully saturated rings. The van der Waals surface area contributed by atoms with E-state index >= 15 is 0 Å². The van der Waals surface area contributed by atoms with Gasteiger partial charge in [0.25, 0.3) is 17.4 Å². The summed E-state index contributed by atoms with van der Waals surface area (Å²) in [6.07, 6.45) is -5.43. The molecule has 1 N–H and O–H groups in total. The third kappa shape index (κ3) is 4.70. The van der Waals surface area contributed by atoms with Crippen LogP contribution in [0.2, 0.25) is 10.0 Å². The number of carbonyl (C=O) groups is 2. The number of hydroxylamine groups is 2. The van der Waals surface area contributed by atoms with Gasteiger partial charge in [0.2, 0.25) is 0 Å². The van der Waals surface area contributed by atoms with Crippen molar-refractivity contribution in [3.8, 4) is 0 Å². The first kappa shape index (κ1) is 25.3. The van der Waals surface area contributed by atoms with Crippen molar-refractivity contribution >= 4 is 40.7 Å². The maximum Gasteiger partial charge on any atom is 0.435 e. The summed E-state index contributed by atoms with van der Waals surface area (Å²) >= 11 is 11.9. The lowest BCUT2D eigenvalue weighted by Crippen LogP contribution is -2.43. The van der Waals surface area contributed by atoms with E-state index in [0.29, 0.717) is 17.7 Å². The number of aryl methyl sites for hydroxylation is 1. The van der Waals surface area contributed by atoms with Gasteiger partial charge in [-0.2, -0.15) is 13.2 Å². The standard InChI is InChI=1S/C23H20Cl2F3N3O4/c1-3-31-21(33)19(11-34-31)29-20(32)17-5-4-13(6-12(17)2)18-10-22(35-30-18,23(26,27)28)14-7-15(24)9-16(25)8-14/h4-9,19H,3,10-11H2,1-2H3,(H,29,32)/t19-,22?/m0/s1. The maximum absolute atomic E-state index is 14.2. The minimum atomic E-state index is -4.82. The average Bonchev–Trinajstić information content (AvgIpc) is 3.38. The molecule has 2 atom stereocenters. The van der Waals surface area contributed by atoms with Crippen molar-refractivity contribution in [2.24, 2.45) is 5.16 Å². The van der Waals surface area contributed by atoms with Crippen LogP contribution >= 0.6 is 23.2 Å². The van der Waals surface area contributed by atoms with E-state index in [2.05, 4.69) is 10.5 Å². The Balaban J connectivity index is 1.56. The molecule has 2 amide bonds. The molecule has 2 aromatic carbocycles. The SMILES string of the molecule is CCN1OC[C@H](NC(=O)c2ccc(C3=NOC(c4cc(Cl)cc(Cl)c4)(C(F)(F)F)C3)cc2C)C1=O. The lowest BCUT2D eigenvalue weighted by Gasteiger charge is -2.29. The number of rotatable bonds is 5. The second-order valence-electron chi connectivity index (χ2n) is 8.17. The highest BCUT2D eigenvalue weighted by Gasteiger charge is 2.62. The van der Waals surface area contributed by atoms with Gasteiger partial charge in [-0.05, 0) is 55.3 Å². The largest absolute Gasteiger partial charge is 0.435 e. The molecule has 2 aliphatic heterocycles. The highest BCUT2D eigenvalue weighted by atomic mass is 35.5. The Bertz CT molecular complexity index is 1200. The quantitative estimate of drug-likeness (QED) is 0.604. The molecule has 0 bridgehead atoms. The molecule has 0 saturated carbocycles. The van der Waals surface area contributed by atoms with Gasteiger partial charge in [0.15, 0.2) is 0 Å². The summed E-state index contributed by atoms with van der Waals surface area (Å²) in [6, 6.07) is 7.28. The number of oxime groups is 1. The second kappa shape index (κ2) is 9.33. The van der Waals surface area contributed by atoms with Crippen molar-refractivity contribution in [2.75, 3.05) is 13.2 Å². The van der Waals surface area contributed by atoms with Crippen molar-refractivity contribution in [3.05, 3.63) is 68.7 Å².